The molecule has 2 N–H and O–H groups in total. The summed E-state index contributed by atoms with van der Waals surface area (Å²) in [4.78, 5) is 4.41. The van der Waals surface area contributed by atoms with Gasteiger partial charge in [-0.15, -0.1) is 10.2 Å². The van der Waals surface area contributed by atoms with E-state index in [9.17, 15) is 0 Å². The van der Waals surface area contributed by atoms with Crippen LogP contribution in [0.2, 0.25) is 0 Å². The van der Waals surface area contributed by atoms with Crippen LogP contribution >= 0.6 is 0 Å². The number of rotatable bonds is 6. The van der Waals surface area contributed by atoms with Crippen molar-refractivity contribution in [2.75, 3.05) is 20.1 Å². The topological polar surface area (TPSA) is 66.6 Å². The van der Waals surface area contributed by atoms with Gasteiger partial charge in [0.05, 0.1) is 0 Å². The van der Waals surface area contributed by atoms with Gasteiger partial charge in [0.2, 0.25) is 0 Å². The fourth-order valence-electron chi connectivity index (χ4n) is 4.24. The first kappa shape index (κ1) is 18.5. The van der Waals surface area contributed by atoms with E-state index in [-0.39, 0.29) is 5.41 Å². The van der Waals surface area contributed by atoms with Crippen LogP contribution in [0.5, 0.6) is 0 Å². The van der Waals surface area contributed by atoms with Gasteiger partial charge in [0.15, 0.2) is 11.6 Å². The minimum absolute atomic E-state index is 0.210. The van der Waals surface area contributed by atoms with E-state index >= 15 is 0 Å². The van der Waals surface area contributed by atoms with E-state index in [4.69, 9.17) is 0 Å². The van der Waals surface area contributed by atoms with Crippen molar-refractivity contribution in [2.24, 2.45) is 4.99 Å². The predicted molar refractivity (Wildman–Crippen MR) is 113 cm³/mol. The molecule has 0 atom stereocenters. The zero-order chi connectivity index (χ0) is 19.2. The molecule has 0 amide bonds. The Labute approximate surface area is 166 Å². The lowest BCUT2D eigenvalue weighted by molar-refractivity contribution is 0.432. The molecule has 6 nitrogen and oxygen atoms in total. The highest BCUT2D eigenvalue weighted by Gasteiger charge is 2.35. The number of nitrogens with one attached hydrogen (secondary N) is 2. The van der Waals surface area contributed by atoms with Gasteiger partial charge in [-0.25, -0.2) is 0 Å². The van der Waals surface area contributed by atoms with Crippen molar-refractivity contribution < 1.29 is 0 Å². The fourth-order valence-corrected chi connectivity index (χ4v) is 4.24. The summed E-state index contributed by atoms with van der Waals surface area (Å²) in [5, 5.41) is 15.5. The molecule has 0 bridgehead atoms. The van der Waals surface area contributed by atoms with Crippen molar-refractivity contribution in [3.8, 4) is 0 Å². The van der Waals surface area contributed by atoms with E-state index in [1.165, 1.54) is 31.2 Å². The lowest BCUT2D eigenvalue weighted by Gasteiger charge is -2.30. The van der Waals surface area contributed by atoms with Crippen LogP contribution in [0.3, 0.4) is 0 Å². The zero-order valence-corrected chi connectivity index (χ0v) is 16.4. The Morgan fingerprint density at radius 2 is 1.82 bits per heavy atom. The molecule has 28 heavy (non-hydrogen) atoms. The molecule has 0 aliphatic heterocycles. The van der Waals surface area contributed by atoms with E-state index in [1.54, 1.807) is 0 Å². The first-order chi connectivity index (χ1) is 13.8. The first-order valence-corrected chi connectivity index (χ1v) is 10.1. The summed E-state index contributed by atoms with van der Waals surface area (Å²) in [6, 6.07) is 16.8. The smallest absolute Gasteiger partial charge is 0.191 e. The number of guanidine groups is 1. The summed E-state index contributed by atoms with van der Waals surface area (Å²) in [5.41, 5.74) is 2.53. The second-order valence-corrected chi connectivity index (χ2v) is 7.50. The van der Waals surface area contributed by atoms with Crippen LogP contribution in [0.1, 0.15) is 37.1 Å². The van der Waals surface area contributed by atoms with Crippen molar-refractivity contribution in [1.29, 1.82) is 0 Å². The lowest BCUT2D eigenvalue weighted by Crippen LogP contribution is -2.45. The molecule has 0 saturated heterocycles. The van der Waals surface area contributed by atoms with Gasteiger partial charge >= 0.3 is 0 Å². The fraction of sp³-hybridized carbons (Fsp3) is 0.409. The summed E-state index contributed by atoms with van der Waals surface area (Å²) in [6.07, 6.45) is 7.84. The van der Waals surface area contributed by atoms with E-state index in [1.807, 2.05) is 35.8 Å². The highest BCUT2D eigenvalue weighted by Crippen LogP contribution is 2.40. The SMILES string of the molecule is CN=C(NCCc1nnc2ccccn12)NCC1(c2ccccc2)CCCC1. The summed E-state index contributed by atoms with van der Waals surface area (Å²) in [7, 11) is 1.83. The molecule has 0 radical (unpaired) electrons. The zero-order valence-electron chi connectivity index (χ0n) is 16.4. The normalized spacial score (nSPS) is 16.4. The highest BCUT2D eigenvalue weighted by atomic mass is 15.2. The Bertz CT molecular complexity index is 924. The number of aromatic nitrogens is 3. The molecule has 1 fully saturated rings. The molecular formula is C22H28N6. The Balaban J connectivity index is 1.34. The third kappa shape index (κ3) is 3.86. The third-order valence-corrected chi connectivity index (χ3v) is 5.79. The first-order valence-electron chi connectivity index (χ1n) is 10.1. The van der Waals surface area contributed by atoms with Gasteiger partial charge in [-0.05, 0) is 30.5 Å². The molecule has 3 aromatic rings. The number of hydrogen-bond acceptors (Lipinski definition) is 3. The van der Waals surface area contributed by atoms with E-state index in [0.29, 0.717) is 0 Å². The van der Waals surface area contributed by atoms with Crippen LogP contribution < -0.4 is 10.6 Å². The molecular weight excluding hydrogens is 348 g/mol. The van der Waals surface area contributed by atoms with Crippen LogP contribution in [-0.2, 0) is 11.8 Å². The Morgan fingerprint density at radius 3 is 2.61 bits per heavy atom. The van der Waals surface area contributed by atoms with Crippen LogP contribution in [0, 0.1) is 0 Å². The molecule has 6 heteroatoms. The van der Waals surface area contributed by atoms with Gasteiger partial charge in [0.25, 0.3) is 0 Å². The van der Waals surface area contributed by atoms with Crippen molar-refractivity contribution >= 4 is 11.6 Å². The predicted octanol–water partition coefficient (Wildman–Crippen LogP) is 2.95. The summed E-state index contributed by atoms with van der Waals surface area (Å²) >= 11 is 0. The minimum atomic E-state index is 0.210. The van der Waals surface area contributed by atoms with Gasteiger partial charge in [-0.3, -0.25) is 9.39 Å². The van der Waals surface area contributed by atoms with Gasteiger partial charge < -0.3 is 10.6 Å². The number of nitrogens with zero attached hydrogens (tertiary/aromatic N) is 4. The molecule has 0 spiro atoms. The molecule has 1 aliphatic rings. The summed E-state index contributed by atoms with van der Waals surface area (Å²) < 4.78 is 2.03. The quantitative estimate of drug-likeness (QED) is 0.513. The molecule has 2 aromatic heterocycles. The maximum Gasteiger partial charge on any atom is 0.191 e. The maximum atomic E-state index is 4.41. The maximum absolute atomic E-state index is 4.41. The molecule has 146 valence electrons. The Hall–Kier alpha value is -2.89. The second kappa shape index (κ2) is 8.42. The summed E-state index contributed by atoms with van der Waals surface area (Å²) in [6.45, 7) is 1.66. The lowest BCUT2D eigenvalue weighted by atomic mass is 9.79. The van der Waals surface area contributed by atoms with Gasteiger partial charge in [0.1, 0.15) is 5.82 Å². The van der Waals surface area contributed by atoms with Crippen LogP contribution in [0.4, 0.5) is 0 Å². The van der Waals surface area contributed by atoms with E-state index in [0.717, 1.165) is 36.9 Å². The van der Waals surface area contributed by atoms with E-state index < -0.39 is 0 Å². The van der Waals surface area contributed by atoms with Crippen LogP contribution in [0.25, 0.3) is 5.65 Å². The third-order valence-electron chi connectivity index (χ3n) is 5.79. The standard InChI is InChI=1S/C22H28N6/c1-23-21(24-15-12-20-27-26-19-11-5-8-16-28(19)20)25-17-22(13-6-7-14-22)18-9-3-2-4-10-18/h2-5,8-11,16H,6-7,12-15,17H2,1H3,(H2,23,24,25). The van der Waals surface area contributed by atoms with Gasteiger partial charge in [-0.1, -0.05) is 49.2 Å². The molecule has 1 saturated carbocycles. The average molecular weight is 377 g/mol. The van der Waals surface area contributed by atoms with Gasteiger partial charge in [0, 0.05) is 38.2 Å². The number of hydrogen-bond donors (Lipinski definition) is 2. The van der Waals surface area contributed by atoms with Crippen LogP contribution in [0.15, 0.2) is 59.7 Å². The van der Waals surface area contributed by atoms with Gasteiger partial charge in [-0.2, -0.15) is 0 Å². The molecule has 2 heterocycles. The monoisotopic (exact) mass is 376 g/mol. The minimum Gasteiger partial charge on any atom is -0.356 e. The molecule has 1 aromatic carbocycles. The molecule has 4 rings (SSSR count). The number of pyridine rings is 1. The van der Waals surface area contributed by atoms with E-state index in [2.05, 4.69) is 56.2 Å². The highest BCUT2D eigenvalue weighted by molar-refractivity contribution is 5.79. The largest absolute Gasteiger partial charge is 0.356 e. The van der Waals surface area contributed by atoms with Crippen molar-refractivity contribution in [1.82, 2.24) is 25.2 Å². The van der Waals surface area contributed by atoms with Crippen molar-refractivity contribution in [3.63, 3.8) is 0 Å². The average Bonchev–Trinajstić information content (AvgIpc) is 3.39. The molecule has 1 aliphatic carbocycles. The Morgan fingerprint density at radius 1 is 1.04 bits per heavy atom. The number of fused-ring (bicyclic) bond motifs is 1. The second-order valence-electron chi connectivity index (χ2n) is 7.50. The Kier molecular flexibility index (Phi) is 5.55. The summed E-state index contributed by atoms with van der Waals surface area (Å²) in [5.74, 6) is 1.80. The number of aliphatic imine (C=N–C) groups is 1. The molecule has 0 unspecified atom stereocenters. The van der Waals surface area contributed by atoms with Crippen molar-refractivity contribution in [3.05, 3.63) is 66.1 Å². The number of benzene rings is 1. The van der Waals surface area contributed by atoms with Crippen molar-refractivity contribution in [2.45, 2.75) is 37.5 Å². The van der Waals surface area contributed by atoms with Crippen LogP contribution in [-0.4, -0.2) is 40.7 Å².